The summed E-state index contributed by atoms with van der Waals surface area (Å²) in [5.41, 5.74) is 1.57. The highest BCUT2D eigenvalue weighted by atomic mass is 35.5. The van der Waals surface area contributed by atoms with E-state index in [1.165, 1.54) is 6.07 Å². The number of anilines is 1. The Bertz CT molecular complexity index is 431. The van der Waals surface area contributed by atoms with Gasteiger partial charge in [0.15, 0.2) is 0 Å². The lowest BCUT2D eigenvalue weighted by atomic mass is 10.1. The fraction of sp³-hybridized carbons (Fsp3) is 0.600. The van der Waals surface area contributed by atoms with E-state index >= 15 is 0 Å². The number of halogens is 2. The first-order chi connectivity index (χ1) is 9.61. The summed E-state index contributed by atoms with van der Waals surface area (Å²) >= 11 is 5.93. The van der Waals surface area contributed by atoms with Crippen LogP contribution >= 0.6 is 11.6 Å². The number of hydrogen-bond acceptors (Lipinski definition) is 3. The van der Waals surface area contributed by atoms with Gasteiger partial charge in [0.2, 0.25) is 0 Å². The summed E-state index contributed by atoms with van der Waals surface area (Å²) in [5.74, 6) is 0.193. The Labute approximate surface area is 125 Å². The average Bonchev–Trinajstić information content (AvgIpc) is 2.45. The Hall–Kier alpha value is -0.840. The van der Waals surface area contributed by atoms with Crippen molar-refractivity contribution in [3.8, 4) is 0 Å². The second-order valence-electron chi connectivity index (χ2n) is 5.51. The van der Waals surface area contributed by atoms with Gasteiger partial charge >= 0.3 is 0 Å². The molecule has 1 aliphatic rings. The monoisotopic (exact) mass is 299 g/mol. The maximum Gasteiger partial charge on any atom is 0.146 e. The van der Waals surface area contributed by atoms with Crippen molar-refractivity contribution < 1.29 is 4.39 Å². The van der Waals surface area contributed by atoms with Gasteiger partial charge in [-0.25, -0.2) is 4.39 Å². The minimum atomic E-state index is -0.162. The summed E-state index contributed by atoms with van der Waals surface area (Å²) in [6, 6.07) is 5.15. The van der Waals surface area contributed by atoms with Crippen molar-refractivity contribution in [2.45, 2.75) is 5.88 Å². The molecule has 1 heterocycles. The lowest BCUT2D eigenvalue weighted by Crippen LogP contribution is -2.48. The average molecular weight is 300 g/mol. The lowest BCUT2D eigenvalue weighted by Gasteiger charge is -2.37. The van der Waals surface area contributed by atoms with Gasteiger partial charge in [-0.3, -0.25) is 4.90 Å². The van der Waals surface area contributed by atoms with Gasteiger partial charge in [-0.2, -0.15) is 0 Å². The normalized spacial score (nSPS) is 16.9. The van der Waals surface area contributed by atoms with E-state index in [9.17, 15) is 4.39 Å². The molecule has 0 aliphatic carbocycles. The molecule has 0 spiro atoms. The van der Waals surface area contributed by atoms with Crippen molar-refractivity contribution in [2.24, 2.45) is 0 Å². The number of alkyl halides is 1. The SMILES string of the molecule is CN(C)CCN1CCN(c2c(F)cccc2CCl)CC1. The van der Waals surface area contributed by atoms with Crippen LogP contribution in [-0.4, -0.2) is 63.2 Å². The molecular weight excluding hydrogens is 277 g/mol. The molecule has 0 bridgehead atoms. The predicted octanol–water partition coefficient (Wildman–Crippen LogP) is 2.25. The lowest BCUT2D eigenvalue weighted by molar-refractivity contribution is 0.229. The first kappa shape index (κ1) is 15.5. The zero-order valence-corrected chi connectivity index (χ0v) is 13.0. The minimum Gasteiger partial charge on any atom is -0.366 e. The van der Waals surface area contributed by atoms with Crippen LogP contribution in [-0.2, 0) is 5.88 Å². The highest BCUT2D eigenvalue weighted by Gasteiger charge is 2.21. The maximum absolute atomic E-state index is 14.1. The molecular formula is C15H23ClFN3. The van der Waals surface area contributed by atoms with Gasteiger partial charge in [0.05, 0.1) is 5.69 Å². The van der Waals surface area contributed by atoms with Gasteiger partial charge in [-0.05, 0) is 25.7 Å². The van der Waals surface area contributed by atoms with Crippen LogP contribution in [0.25, 0.3) is 0 Å². The van der Waals surface area contributed by atoms with Crippen LogP contribution in [0.5, 0.6) is 0 Å². The molecule has 112 valence electrons. The van der Waals surface area contributed by atoms with E-state index in [1.807, 2.05) is 6.07 Å². The van der Waals surface area contributed by atoms with Crippen molar-refractivity contribution in [3.05, 3.63) is 29.6 Å². The van der Waals surface area contributed by atoms with Gasteiger partial charge < -0.3 is 9.80 Å². The molecule has 3 nitrogen and oxygen atoms in total. The molecule has 1 fully saturated rings. The number of likely N-dealkylation sites (N-methyl/N-ethyl adjacent to an activating group) is 1. The van der Waals surface area contributed by atoms with Crippen molar-refractivity contribution in [1.82, 2.24) is 9.80 Å². The predicted molar refractivity (Wildman–Crippen MR) is 83.2 cm³/mol. The Morgan fingerprint density at radius 2 is 1.90 bits per heavy atom. The summed E-state index contributed by atoms with van der Waals surface area (Å²) < 4.78 is 14.1. The van der Waals surface area contributed by atoms with Crippen molar-refractivity contribution in [1.29, 1.82) is 0 Å². The quantitative estimate of drug-likeness (QED) is 0.772. The fourth-order valence-corrected chi connectivity index (χ4v) is 2.77. The molecule has 0 radical (unpaired) electrons. The van der Waals surface area contributed by atoms with Gasteiger partial charge in [0, 0.05) is 45.1 Å². The number of para-hydroxylation sites is 1. The molecule has 1 saturated heterocycles. The van der Waals surface area contributed by atoms with E-state index in [0.717, 1.165) is 44.8 Å². The third-order valence-corrected chi connectivity index (χ3v) is 4.05. The van der Waals surface area contributed by atoms with Crippen LogP contribution in [0.2, 0.25) is 0 Å². The molecule has 1 aromatic rings. The molecule has 20 heavy (non-hydrogen) atoms. The highest BCUT2D eigenvalue weighted by Crippen LogP contribution is 2.26. The standard InChI is InChI=1S/C15H23ClFN3/c1-18(2)6-7-19-8-10-20(11-9-19)15-13(12-16)4-3-5-14(15)17/h3-5H,6-12H2,1-2H3. The maximum atomic E-state index is 14.1. The molecule has 0 N–H and O–H groups in total. The van der Waals surface area contributed by atoms with Crippen molar-refractivity contribution in [3.63, 3.8) is 0 Å². The summed E-state index contributed by atoms with van der Waals surface area (Å²) in [7, 11) is 4.17. The number of hydrogen-bond donors (Lipinski definition) is 0. The molecule has 5 heteroatoms. The number of benzene rings is 1. The van der Waals surface area contributed by atoms with E-state index < -0.39 is 0 Å². The summed E-state index contributed by atoms with van der Waals surface area (Å²) in [5, 5.41) is 0. The zero-order valence-electron chi connectivity index (χ0n) is 12.3. The molecule has 2 rings (SSSR count). The van der Waals surface area contributed by atoms with Crippen LogP contribution < -0.4 is 4.90 Å². The van der Waals surface area contributed by atoms with E-state index in [2.05, 4.69) is 28.8 Å². The van der Waals surface area contributed by atoms with E-state index in [-0.39, 0.29) is 5.82 Å². The Balaban J connectivity index is 1.97. The number of piperazine rings is 1. The third kappa shape index (κ3) is 3.84. The topological polar surface area (TPSA) is 9.72 Å². The summed E-state index contributed by atoms with van der Waals surface area (Å²) in [4.78, 5) is 6.74. The Morgan fingerprint density at radius 3 is 2.50 bits per heavy atom. The summed E-state index contributed by atoms with van der Waals surface area (Å²) in [6.07, 6.45) is 0. The minimum absolute atomic E-state index is 0.162. The second kappa shape index (κ2) is 7.25. The van der Waals surface area contributed by atoms with Crippen molar-refractivity contribution in [2.75, 3.05) is 58.3 Å². The summed E-state index contributed by atoms with van der Waals surface area (Å²) in [6.45, 7) is 5.80. The molecule has 1 aliphatic heterocycles. The molecule has 0 saturated carbocycles. The van der Waals surface area contributed by atoms with Crippen LogP contribution in [0.4, 0.5) is 10.1 Å². The molecule has 0 amide bonds. The first-order valence-electron chi connectivity index (χ1n) is 7.07. The fourth-order valence-electron chi connectivity index (χ4n) is 2.56. The molecule has 0 aromatic heterocycles. The first-order valence-corrected chi connectivity index (χ1v) is 7.60. The number of nitrogens with zero attached hydrogens (tertiary/aromatic N) is 3. The van der Waals surface area contributed by atoms with Crippen molar-refractivity contribution >= 4 is 17.3 Å². The molecule has 0 atom stereocenters. The van der Waals surface area contributed by atoms with Crippen LogP contribution in [0.1, 0.15) is 5.56 Å². The third-order valence-electron chi connectivity index (χ3n) is 3.77. The zero-order chi connectivity index (χ0) is 14.5. The van der Waals surface area contributed by atoms with E-state index in [1.54, 1.807) is 6.07 Å². The van der Waals surface area contributed by atoms with E-state index in [0.29, 0.717) is 11.6 Å². The van der Waals surface area contributed by atoms with Crippen LogP contribution in [0.15, 0.2) is 18.2 Å². The second-order valence-corrected chi connectivity index (χ2v) is 5.78. The molecule has 1 aromatic carbocycles. The Morgan fingerprint density at radius 1 is 1.20 bits per heavy atom. The number of rotatable bonds is 5. The highest BCUT2D eigenvalue weighted by molar-refractivity contribution is 6.17. The largest absolute Gasteiger partial charge is 0.366 e. The molecule has 0 unspecified atom stereocenters. The van der Waals surface area contributed by atoms with Gasteiger partial charge in [0.1, 0.15) is 5.82 Å². The smallest absolute Gasteiger partial charge is 0.146 e. The van der Waals surface area contributed by atoms with Gasteiger partial charge in [0.25, 0.3) is 0 Å². The van der Waals surface area contributed by atoms with Crippen LogP contribution in [0, 0.1) is 5.82 Å². The van der Waals surface area contributed by atoms with Gasteiger partial charge in [-0.15, -0.1) is 11.6 Å². The van der Waals surface area contributed by atoms with Gasteiger partial charge in [-0.1, -0.05) is 12.1 Å². The van der Waals surface area contributed by atoms with E-state index in [4.69, 9.17) is 11.6 Å². The van der Waals surface area contributed by atoms with Crippen LogP contribution in [0.3, 0.4) is 0 Å². The Kier molecular flexibility index (Phi) is 5.64.